The first kappa shape index (κ1) is 15.2. The Balaban J connectivity index is 2.47. The molecule has 6 heteroatoms. The van der Waals surface area contributed by atoms with Crippen molar-refractivity contribution in [2.45, 2.75) is 32.6 Å². The van der Waals surface area contributed by atoms with Crippen molar-refractivity contribution in [3.05, 3.63) is 12.4 Å². The van der Waals surface area contributed by atoms with Crippen LogP contribution in [0.15, 0.2) is 12.4 Å². The Labute approximate surface area is 113 Å². The van der Waals surface area contributed by atoms with E-state index in [9.17, 15) is 4.79 Å². The van der Waals surface area contributed by atoms with Gasteiger partial charge < -0.3 is 15.3 Å². The molecule has 0 radical (unpaired) electrons. The molecule has 19 heavy (non-hydrogen) atoms. The van der Waals surface area contributed by atoms with Crippen molar-refractivity contribution < 1.29 is 9.90 Å². The Hall–Kier alpha value is -1.85. The molecular weight excluding hydrogens is 244 g/mol. The number of nitrogens with one attached hydrogen (secondary N) is 1. The lowest BCUT2D eigenvalue weighted by Gasteiger charge is -2.18. The van der Waals surface area contributed by atoms with Gasteiger partial charge >= 0.3 is 5.97 Å². The van der Waals surface area contributed by atoms with Crippen LogP contribution in [0, 0.1) is 0 Å². The van der Waals surface area contributed by atoms with Crippen LogP contribution in [0.4, 0.5) is 11.6 Å². The lowest BCUT2D eigenvalue weighted by molar-refractivity contribution is -0.137. The maximum atomic E-state index is 10.5. The molecule has 0 bridgehead atoms. The molecule has 1 heterocycles. The summed E-state index contributed by atoms with van der Waals surface area (Å²) in [4.78, 5) is 20.8. The number of aliphatic carboxylic acids is 1. The van der Waals surface area contributed by atoms with Crippen LogP contribution in [-0.2, 0) is 4.79 Å². The zero-order valence-electron chi connectivity index (χ0n) is 11.6. The van der Waals surface area contributed by atoms with E-state index in [1.807, 2.05) is 18.0 Å². The predicted octanol–water partition coefficient (Wildman–Crippen LogP) is 1.99. The number of carboxylic acid groups (broad SMARTS) is 1. The molecular formula is C13H22N4O2. The van der Waals surface area contributed by atoms with Gasteiger partial charge in [0.2, 0.25) is 0 Å². The minimum absolute atomic E-state index is 0.178. The van der Waals surface area contributed by atoms with E-state index in [2.05, 4.69) is 22.2 Å². The number of unbranched alkanes of at least 4 members (excludes halogenated alkanes) is 1. The second-order valence-corrected chi connectivity index (χ2v) is 4.46. The Bertz CT molecular complexity index is 398. The molecule has 0 atom stereocenters. The van der Waals surface area contributed by atoms with Crippen LogP contribution < -0.4 is 10.2 Å². The Morgan fingerprint density at radius 2 is 2.21 bits per heavy atom. The maximum Gasteiger partial charge on any atom is 0.303 e. The molecule has 1 rings (SSSR count). The fourth-order valence-corrected chi connectivity index (χ4v) is 1.63. The zero-order valence-corrected chi connectivity index (χ0v) is 11.6. The minimum atomic E-state index is -0.766. The van der Waals surface area contributed by atoms with Crippen molar-refractivity contribution >= 4 is 17.6 Å². The summed E-state index contributed by atoms with van der Waals surface area (Å²) in [6.45, 7) is 3.71. The molecule has 0 aliphatic carbocycles. The van der Waals surface area contributed by atoms with Gasteiger partial charge in [-0.25, -0.2) is 9.97 Å². The van der Waals surface area contributed by atoms with Crippen LogP contribution in [0.3, 0.4) is 0 Å². The molecule has 1 aromatic rings. The van der Waals surface area contributed by atoms with Gasteiger partial charge in [0.05, 0.1) is 0 Å². The Morgan fingerprint density at radius 3 is 2.89 bits per heavy atom. The summed E-state index contributed by atoms with van der Waals surface area (Å²) in [7, 11) is 1.90. The molecule has 0 spiro atoms. The van der Waals surface area contributed by atoms with E-state index < -0.39 is 5.97 Å². The fourth-order valence-electron chi connectivity index (χ4n) is 1.63. The smallest absolute Gasteiger partial charge is 0.303 e. The molecule has 0 aliphatic rings. The first-order chi connectivity index (χ1) is 9.13. The molecule has 0 aliphatic heterocycles. The maximum absolute atomic E-state index is 10.5. The van der Waals surface area contributed by atoms with Gasteiger partial charge in [0.1, 0.15) is 18.0 Å². The van der Waals surface area contributed by atoms with Crippen molar-refractivity contribution in [2.24, 2.45) is 0 Å². The van der Waals surface area contributed by atoms with E-state index in [0.717, 1.165) is 31.0 Å². The van der Waals surface area contributed by atoms with Crippen LogP contribution in [0.25, 0.3) is 0 Å². The fraction of sp³-hybridized carbons (Fsp3) is 0.615. The molecule has 0 amide bonds. The summed E-state index contributed by atoms with van der Waals surface area (Å²) < 4.78 is 0. The number of hydrogen-bond acceptors (Lipinski definition) is 5. The minimum Gasteiger partial charge on any atom is -0.481 e. The number of anilines is 2. The lowest BCUT2D eigenvalue weighted by Crippen LogP contribution is -2.20. The SMILES string of the molecule is CCCCNc1cc(N(C)CCCC(=O)O)ncn1. The number of nitrogens with zero attached hydrogens (tertiary/aromatic N) is 3. The van der Waals surface area contributed by atoms with Gasteiger partial charge in [-0.1, -0.05) is 13.3 Å². The van der Waals surface area contributed by atoms with Gasteiger partial charge in [0.25, 0.3) is 0 Å². The van der Waals surface area contributed by atoms with Crippen molar-refractivity contribution in [1.29, 1.82) is 0 Å². The zero-order chi connectivity index (χ0) is 14.1. The second kappa shape index (κ2) is 8.29. The number of carbonyl (C=O) groups is 1. The third-order valence-electron chi connectivity index (χ3n) is 2.76. The summed E-state index contributed by atoms with van der Waals surface area (Å²) in [5, 5.41) is 11.9. The lowest BCUT2D eigenvalue weighted by atomic mass is 10.3. The quantitative estimate of drug-likeness (QED) is 0.665. The number of rotatable bonds is 9. The third kappa shape index (κ3) is 6.03. The highest BCUT2D eigenvalue weighted by Gasteiger charge is 2.05. The number of carboxylic acids is 1. The standard InChI is InChI=1S/C13H22N4O2/c1-3-4-7-14-11-9-12(16-10-15-11)17(2)8-5-6-13(18)19/h9-10H,3-8H2,1-2H3,(H,18,19)(H,14,15,16). The molecule has 106 valence electrons. The molecule has 0 fully saturated rings. The first-order valence-corrected chi connectivity index (χ1v) is 6.62. The molecule has 0 aromatic carbocycles. The van der Waals surface area contributed by atoms with Crippen LogP contribution in [0.5, 0.6) is 0 Å². The van der Waals surface area contributed by atoms with E-state index >= 15 is 0 Å². The monoisotopic (exact) mass is 266 g/mol. The highest BCUT2D eigenvalue weighted by molar-refractivity contribution is 5.66. The predicted molar refractivity (Wildman–Crippen MR) is 75.6 cm³/mol. The van der Waals surface area contributed by atoms with Crippen LogP contribution >= 0.6 is 0 Å². The van der Waals surface area contributed by atoms with Crippen LogP contribution in [0.1, 0.15) is 32.6 Å². The summed E-state index contributed by atoms with van der Waals surface area (Å²) in [5.41, 5.74) is 0. The van der Waals surface area contributed by atoms with E-state index in [4.69, 9.17) is 5.11 Å². The summed E-state index contributed by atoms with van der Waals surface area (Å²) >= 11 is 0. The first-order valence-electron chi connectivity index (χ1n) is 6.62. The molecule has 2 N–H and O–H groups in total. The van der Waals surface area contributed by atoms with E-state index in [-0.39, 0.29) is 6.42 Å². The van der Waals surface area contributed by atoms with Gasteiger partial charge in [-0.2, -0.15) is 0 Å². The van der Waals surface area contributed by atoms with Gasteiger partial charge in [-0.3, -0.25) is 4.79 Å². The normalized spacial score (nSPS) is 10.2. The molecule has 0 saturated heterocycles. The van der Waals surface area contributed by atoms with E-state index in [1.165, 1.54) is 6.33 Å². The largest absolute Gasteiger partial charge is 0.481 e. The molecule has 1 aromatic heterocycles. The van der Waals surface area contributed by atoms with Gasteiger partial charge in [0.15, 0.2) is 0 Å². The van der Waals surface area contributed by atoms with E-state index in [0.29, 0.717) is 13.0 Å². The number of hydrogen-bond donors (Lipinski definition) is 2. The van der Waals surface area contributed by atoms with Crippen molar-refractivity contribution in [3.8, 4) is 0 Å². The van der Waals surface area contributed by atoms with Crippen molar-refractivity contribution in [3.63, 3.8) is 0 Å². The van der Waals surface area contributed by atoms with Gasteiger partial charge in [-0.05, 0) is 12.8 Å². The Morgan fingerprint density at radius 1 is 1.42 bits per heavy atom. The molecule has 0 saturated carbocycles. The van der Waals surface area contributed by atoms with Crippen molar-refractivity contribution in [2.75, 3.05) is 30.4 Å². The molecule has 6 nitrogen and oxygen atoms in total. The third-order valence-corrected chi connectivity index (χ3v) is 2.76. The van der Waals surface area contributed by atoms with Crippen LogP contribution in [-0.4, -0.2) is 41.2 Å². The van der Waals surface area contributed by atoms with Crippen molar-refractivity contribution in [1.82, 2.24) is 9.97 Å². The number of aromatic nitrogens is 2. The summed E-state index contributed by atoms with van der Waals surface area (Å²) in [5.74, 6) is 0.848. The highest BCUT2D eigenvalue weighted by atomic mass is 16.4. The van der Waals surface area contributed by atoms with E-state index in [1.54, 1.807) is 0 Å². The summed E-state index contributed by atoms with van der Waals surface area (Å²) in [6, 6.07) is 1.89. The Kier molecular flexibility index (Phi) is 6.63. The topological polar surface area (TPSA) is 78.4 Å². The highest BCUT2D eigenvalue weighted by Crippen LogP contribution is 2.13. The average Bonchev–Trinajstić information content (AvgIpc) is 2.39. The summed E-state index contributed by atoms with van der Waals surface area (Å²) in [6.07, 6.45) is 4.55. The van der Waals surface area contributed by atoms with Gasteiger partial charge in [-0.15, -0.1) is 0 Å². The second-order valence-electron chi connectivity index (χ2n) is 4.46. The average molecular weight is 266 g/mol. The van der Waals surface area contributed by atoms with Crippen LogP contribution in [0.2, 0.25) is 0 Å². The molecule has 0 unspecified atom stereocenters. The van der Waals surface area contributed by atoms with Gasteiger partial charge in [0, 0.05) is 32.6 Å².